The normalized spacial score (nSPS) is 15.1. The number of rotatable bonds is 6. The van der Waals surface area contributed by atoms with E-state index in [2.05, 4.69) is 25.6 Å². The standard InChI is InChI=1S/C25H26F2N8O/c1-2-20(36)30-17-4-3-5-19(14-17)35-15-29-21-22(28)32-24(33-23(21)35)31-16-6-8-18(9-7-16)34-12-10-25(26,27)11-13-34/h3-9,14-15H,2,10-13H2,1H3,(H,30,36)(H3,28,31,32,33). The molecule has 9 nitrogen and oxygen atoms in total. The number of imidazole rings is 1. The molecule has 36 heavy (non-hydrogen) atoms. The number of anilines is 5. The van der Waals surface area contributed by atoms with Gasteiger partial charge in [-0.05, 0) is 42.5 Å². The number of nitrogens with zero attached hydrogens (tertiary/aromatic N) is 5. The third-order valence-corrected chi connectivity index (χ3v) is 6.14. The van der Waals surface area contributed by atoms with Crippen molar-refractivity contribution in [3.8, 4) is 5.69 Å². The number of halogens is 2. The van der Waals surface area contributed by atoms with Gasteiger partial charge in [0.15, 0.2) is 17.0 Å². The Morgan fingerprint density at radius 1 is 1.06 bits per heavy atom. The number of nitrogens with two attached hydrogens (primary N) is 1. The van der Waals surface area contributed by atoms with E-state index in [1.807, 2.05) is 53.4 Å². The van der Waals surface area contributed by atoms with E-state index in [1.54, 1.807) is 17.8 Å². The zero-order valence-corrected chi connectivity index (χ0v) is 19.7. The van der Waals surface area contributed by atoms with Gasteiger partial charge in [-0.3, -0.25) is 9.36 Å². The number of nitrogen functional groups attached to an aromatic ring is 1. The van der Waals surface area contributed by atoms with Crippen molar-refractivity contribution in [2.75, 3.05) is 34.4 Å². The highest BCUT2D eigenvalue weighted by Crippen LogP contribution is 2.31. The monoisotopic (exact) mass is 492 g/mol. The maximum absolute atomic E-state index is 13.5. The van der Waals surface area contributed by atoms with Gasteiger partial charge in [-0.1, -0.05) is 13.0 Å². The van der Waals surface area contributed by atoms with Crippen molar-refractivity contribution in [1.29, 1.82) is 0 Å². The lowest BCUT2D eigenvalue weighted by molar-refractivity contribution is -0.115. The fourth-order valence-electron chi connectivity index (χ4n) is 4.13. The summed E-state index contributed by atoms with van der Waals surface area (Å²) in [6, 6.07) is 14.8. The van der Waals surface area contributed by atoms with E-state index in [0.29, 0.717) is 42.3 Å². The first-order valence-corrected chi connectivity index (χ1v) is 11.7. The number of carbonyl (C=O) groups is 1. The van der Waals surface area contributed by atoms with Crippen molar-refractivity contribution in [2.45, 2.75) is 32.1 Å². The van der Waals surface area contributed by atoms with Crippen molar-refractivity contribution in [1.82, 2.24) is 19.5 Å². The van der Waals surface area contributed by atoms with Gasteiger partial charge in [-0.25, -0.2) is 13.8 Å². The Balaban J connectivity index is 1.38. The van der Waals surface area contributed by atoms with E-state index in [9.17, 15) is 13.6 Å². The van der Waals surface area contributed by atoms with Gasteiger partial charge in [-0.2, -0.15) is 9.97 Å². The molecule has 3 heterocycles. The smallest absolute Gasteiger partial charge is 0.251 e. The van der Waals surface area contributed by atoms with Crippen LogP contribution in [0.15, 0.2) is 54.9 Å². The van der Waals surface area contributed by atoms with Gasteiger partial charge in [-0.15, -0.1) is 0 Å². The molecule has 0 bridgehead atoms. The maximum Gasteiger partial charge on any atom is 0.251 e. The van der Waals surface area contributed by atoms with Gasteiger partial charge >= 0.3 is 0 Å². The lowest BCUT2D eigenvalue weighted by atomic mass is 10.1. The molecule has 2 aromatic heterocycles. The van der Waals surface area contributed by atoms with Crippen LogP contribution in [-0.4, -0.2) is 44.4 Å². The molecule has 0 saturated carbocycles. The van der Waals surface area contributed by atoms with Crippen LogP contribution in [0.25, 0.3) is 16.9 Å². The zero-order chi connectivity index (χ0) is 25.3. The molecule has 186 valence electrons. The van der Waals surface area contributed by atoms with Crippen molar-refractivity contribution in [3.05, 3.63) is 54.9 Å². The molecule has 11 heteroatoms. The molecule has 0 aliphatic carbocycles. The lowest BCUT2D eigenvalue weighted by Crippen LogP contribution is -2.39. The minimum Gasteiger partial charge on any atom is -0.382 e. The van der Waals surface area contributed by atoms with Crippen LogP contribution in [0.3, 0.4) is 0 Å². The largest absolute Gasteiger partial charge is 0.382 e. The minimum atomic E-state index is -2.58. The van der Waals surface area contributed by atoms with Crippen LogP contribution in [0.4, 0.5) is 37.6 Å². The van der Waals surface area contributed by atoms with Crippen LogP contribution in [-0.2, 0) is 4.79 Å². The summed E-state index contributed by atoms with van der Waals surface area (Å²) in [5.41, 5.74) is 10.2. The first-order chi connectivity index (χ1) is 17.3. The van der Waals surface area contributed by atoms with Gasteiger partial charge < -0.3 is 21.3 Å². The number of carbonyl (C=O) groups excluding carboxylic acids is 1. The minimum absolute atomic E-state index is 0.0788. The quantitative estimate of drug-likeness (QED) is 0.357. The summed E-state index contributed by atoms with van der Waals surface area (Å²) in [5, 5.41) is 6.00. The SMILES string of the molecule is CCC(=O)Nc1cccc(-n2cnc3c(N)nc(Nc4ccc(N5CCC(F)(F)CC5)cc4)nc32)c1. The van der Waals surface area contributed by atoms with E-state index < -0.39 is 5.92 Å². The summed E-state index contributed by atoms with van der Waals surface area (Å²) >= 11 is 0. The molecule has 0 spiro atoms. The molecule has 0 atom stereocenters. The Labute approximate surface area is 206 Å². The molecule has 1 aliphatic heterocycles. The van der Waals surface area contributed by atoms with Crippen LogP contribution in [0.5, 0.6) is 0 Å². The average molecular weight is 493 g/mol. The Kier molecular flexibility index (Phi) is 6.13. The van der Waals surface area contributed by atoms with Gasteiger partial charge in [0.1, 0.15) is 6.33 Å². The highest BCUT2D eigenvalue weighted by molar-refractivity contribution is 5.91. The maximum atomic E-state index is 13.5. The number of alkyl halides is 2. The van der Waals surface area contributed by atoms with Crippen molar-refractivity contribution >= 4 is 45.9 Å². The predicted molar refractivity (Wildman–Crippen MR) is 136 cm³/mol. The number of amides is 1. The fourth-order valence-corrected chi connectivity index (χ4v) is 4.13. The number of benzene rings is 2. The summed E-state index contributed by atoms with van der Waals surface area (Å²) in [6.07, 6.45) is 1.71. The van der Waals surface area contributed by atoms with E-state index >= 15 is 0 Å². The molecule has 0 unspecified atom stereocenters. The molecule has 4 aromatic rings. The molecule has 1 saturated heterocycles. The number of piperidine rings is 1. The second-order valence-electron chi connectivity index (χ2n) is 8.69. The van der Waals surface area contributed by atoms with Crippen LogP contribution < -0.4 is 21.3 Å². The van der Waals surface area contributed by atoms with Crippen molar-refractivity contribution < 1.29 is 13.6 Å². The number of hydrogen-bond donors (Lipinski definition) is 3. The Hall–Kier alpha value is -4.28. The lowest BCUT2D eigenvalue weighted by Gasteiger charge is -2.33. The van der Waals surface area contributed by atoms with Gasteiger partial charge in [0.05, 0.1) is 5.69 Å². The molecule has 4 N–H and O–H groups in total. The van der Waals surface area contributed by atoms with Crippen molar-refractivity contribution in [2.24, 2.45) is 0 Å². The Morgan fingerprint density at radius 3 is 2.53 bits per heavy atom. The molecule has 0 radical (unpaired) electrons. The Bertz CT molecular complexity index is 1390. The predicted octanol–water partition coefficient (Wildman–Crippen LogP) is 4.73. The molecule has 1 amide bonds. The number of nitrogens with one attached hydrogen (secondary N) is 2. The molecule has 1 fully saturated rings. The molecule has 5 rings (SSSR count). The van der Waals surface area contributed by atoms with E-state index in [-0.39, 0.29) is 24.6 Å². The van der Waals surface area contributed by atoms with Gasteiger partial charge in [0.2, 0.25) is 11.9 Å². The zero-order valence-electron chi connectivity index (χ0n) is 19.7. The van der Waals surface area contributed by atoms with E-state index in [4.69, 9.17) is 5.73 Å². The number of hydrogen-bond acceptors (Lipinski definition) is 7. The molecular formula is C25H26F2N8O. The van der Waals surface area contributed by atoms with Crippen molar-refractivity contribution in [3.63, 3.8) is 0 Å². The van der Waals surface area contributed by atoms with Crippen LogP contribution >= 0.6 is 0 Å². The Morgan fingerprint density at radius 2 is 1.81 bits per heavy atom. The fraction of sp³-hybridized carbons (Fsp3) is 0.280. The molecule has 1 aliphatic rings. The van der Waals surface area contributed by atoms with E-state index in [1.165, 1.54) is 0 Å². The van der Waals surface area contributed by atoms with Crippen LogP contribution in [0, 0.1) is 0 Å². The third-order valence-electron chi connectivity index (χ3n) is 6.14. The topological polar surface area (TPSA) is 114 Å². The third kappa shape index (κ3) is 4.90. The second kappa shape index (κ2) is 9.40. The number of fused-ring (bicyclic) bond motifs is 1. The molecule has 2 aromatic carbocycles. The first kappa shape index (κ1) is 23.5. The van der Waals surface area contributed by atoms with Crippen LogP contribution in [0.1, 0.15) is 26.2 Å². The summed E-state index contributed by atoms with van der Waals surface area (Å²) in [6.45, 7) is 2.44. The second-order valence-corrected chi connectivity index (χ2v) is 8.69. The average Bonchev–Trinajstić information content (AvgIpc) is 3.29. The summed E-state index contributed by atoms with van der Waals surface area (Å²) in [7, 11) is 0. The first-order valence-electron chi connectivity index (χ1n) is 11.7. The van der Waals surface area contributed by atoms with Crippen LogP contribution in [0.2, 0.25) is 0 Å². The summed E-state index contributed by atoms with van der Waals surface area (Å²) in [5.74, 6) is -2.14. The van der Waals surface area contributed by atoms with Gasteiger partial charge in [0, 0.05) is 49.4 Å². The van der Waals surface area contributed by atoms with E-state index in [0.717, 1.165) is 17.1 Å². The summed E-state index contributed by atoms with van der Waals surface area (Å²) < 4.78 is 28.7. The van der Waals surface area contributed by atoms with Gasteiger partial charge in [0.25, 0.3) is 5.92 Å². The summed E-state index contributed by atoms with van der Waals surface area (Å²) in [4.78, 5) is 27.0. The highest BCUT2D eigenvalue weighted by atomic mass is 19.3. The highest BCUT2D eigenvalue weighted by Gasteiger charge is 2.34. The number of aromatic nitrogens is 4. The molecular weight excluding hydrogens is 466 g/mol.